The lowest BCUT2D eigenvalue weighted by molar-refractivity contribution is 0.628. The molecule has 3 N–H and O–H groups in total. The first kappa shape index (κ1) is 14.9. The van der Waals surface area contributed by atoms with Crippen molar-refractivity contribution in [2.45, 2.75) is 26.7 Å². The van der Waals surface area contributed by atoms with E-state index in [-0.39, 0.29) is 11.7 Å². The van der Waals surface area contributed by atoms with Crippen molar-refractivity contribution in [2.75, 3.05) is 5.43 Å². The highest BCUT2D eigenvalue weighted by Crippen LogP contribution is 2.31. The van der Waals surface area contributed by atoms with Gasteiger partial charge in [0.05, 0.1) is 0 Å². The average molecular weight is 339 g/mol. The topological polar surface area (TPSA) is 63.8 Å². The third-order valence-electron chi connectivity index (χ3n) is 3.02. The van der Waals surface area contributed by atoms with Gasteiger partial charge in [0.2, 0.25) is 0 Å². The number of nitrogens with one attached hydrogen (secondary N) is 1. The first-order chi connectivity index (χ1) is 9.43. The van der Waals surface area contributed by atoms with Crippen LogP contribution < -0.4 is 11.3 Å². The van der Waals surface area contributed by atoms with Gasteiger partial charge < -0.3 is 5.43 Å². The van der Waals surface area contributed by atoms with E-state index in [1.807, 2.05) is 20.8 Å². The van der Waals surface area contributed by atoms with Crippen molar-refractivity contribution in [3.63, 3.8) is 0 Å². The van der Waals surface area contributed by atoms with E-state index >= 15 is 0 Å². The summed E-state index contributed by atoms with van der Waals surface area (Å²) in [5, 5.41) is 0. The van der Waals surface area contributed by atoms with E-state index in [9.17, 15) is 4.39 Å². The molecule has 2 aromatic rings. The van der Waals surface area contributed by atoms with E-state index in [0.717, 1.165) is 15.7 Å². The molecule has 0 amide bonds. The van der Waals surface area contributed by atoms with Gasteiger partial charge in [-0.2, -0.15) is 0 Å². The van der Waals surface area contributed by atoms with Crippen LogP contribution in [0.5, 0.6) is 0 Å². The number of benzene rings is 1. The van der Waals surface area contributed by atoms with E-state index in [1.165, 1.54) is 12.1 Å². The molecule has 6 heteroatoms. The van der Waals surface area contributed by atoms with Gasteiger partial charge in [-0.1, -0.05) is 29.8 Å². The molecule has 2 rings (SSSR count). The summed E-state index contributed by atoms with van der Waals surface area (Å²) in [4.78, 5) is 8.87. The number of aromatic nitrogens is 2. The second-order valence-electron chi connectivity index (χ2n) is 4.82. The summed E-state index contributed by atoms with van der Waals surface area (Å²) in [6, 6.07) is 4.41. The first-order valence-corrected chi connectivity index (χ1v) is 7.04. The van der Waals surface area contributed by atoms with E-state index in [0.29, 0.717) is 17.2 Å². The van der Waals surface area contributed by atoms with Gasteiger partial charge in [-0.05, 0) is 31.0 Å². The van der Waals surface area contributed by atoms with Gasteiger partial charge in [0, 0.05) is 21.3 Å². The number of nitrogen functional groups attached to an aromatic ring is 1. The Balaban J connectivity index is 2.64. The van der Waals surface area contributed by atoms with Gasteiger partial charge in [0.15, 0.2) is 5.82 Å². The molecule has 1 aromatic carbocycles. The number of nitrogens with zero attached hydrogens (tertiary/aromatic N) is 2. The summed E-state index contributed by atoms with van der Waals surface area (Å²) in [5.41, 5.74) is 4.99. The number of aryl methyl sites for hydroxylation is 1. The summed E-state index contributed by atoms with van der Waals surface area (Å²) in [7, 11) is 0. The largest absolute Gasteiger partial charge is 0.308 e. The number of halogens is 2. The van der Waals surface area contributed by atoms with Crippen LogP contribution in [0.1, 0.15) is 31.0 Å². The van der Waals surface area contributed by atoms with Crippen LogP contribution in [-0.4, -0.2) is 9.97 Å². The molecule has 0 aliphatic carbocycles. The molecule has 0 aliphatic rings. The van der Waals surface area contributed by atoms with Crippen molar-refractivity contribution in [1.82, 2.24) is 9.97 Å². The lowest BCUT2D eigenvalue weighted by atomic mass is 10.0. The Hall–Kier alpha value is -1.53. The first-order valence-electron chi connectivity index (χ1n) is 6.24. The minimum absolute atomic E-state index is 0.242. The Kier molecular flexibility index (Phi) is 4.35. The predicted molar refractivity (Wildman–Crippen MR) is 81.8 cm³/mol. The number of hydrogen-bond acceptors (Lipinski definition) is 4. The van der Waals surface area contributed by atoms with Crippen molar-refractivity contribution in [2.24, 2.45) is 5.84 Å². The minimum Gasteiger partial charge on any atom is -0.308 e. The molecule has 0 unspecified atom stereocenters. The van der Waals surface area contributed by atoms with E-state index in [2.05, 4.69) is 31.3 Å². The van der Waals surface area contributed by atoms with Gasteiger partial charge >= 0.3 is 0 Å². The van der Waals surface area contributed by atoms with Gasteiger partial charge in [0.1, 0.15) is 11.6 Å². The SMILES string of the molecule is Cc1nc(-c2cc(F)ccc2Br)nc(NN)c1C(C)C. The van der Waals surface area contributed by atoms with Crippen LogP contribution >= 0.6 is 15.9 Å². The van der Waals surface area contributed by atoms with Crippen LogP contribution in [0.3, 0.4) is 0 Å². The summed E-state index contributed by atoms with van der Waals surface area (Å²) in [6.07, 6.45) is 0. The Labute approximate surface area is 125 Å². The number of hydrogen-bond donors (Lipinski definition) is 2. The van der Waals surface area contributed by atoms with Crippen LogP contribution in [0, 0.1) is 12.7 Å². The summed E-state index contributed by atoms with van der Waals surface area (Å²) >= 11 is 3.39. The fraction of sp³-hybridized carbons (Fsp3) is 0.286. The van der Waals surface area contributed by atoms with Gasteiger partial charge in [-0.15, -0.1) is 0 Å². The van der Waals surface area contributed by atoms with E-state index in [4.69, 9.17) is 5.84 Å². The fourth-order valence-corrected chi connectivity index (χ4v) is 2.60. The van der Waals surface area contributed by atoms with Crippen LogP contribution in [0.2, 0.25) is 0 Å². The summed E-state index contributed by atoms with van der Waals surface area (Å²) in [6.45, 7) is 5.99. The lowest BCUT2D eigenvalue weighted by Gasteiger charge is -2.15. The average Bonchev–Trinajstić information content (AvgIpc) is 2.40. The van der Waals surface area contributed by atoms with Crippen molar-refractivity contribution in [3.8, 4) is 11.4 Å². The molecule has 0 fully saturated rings. The predicted octanol–water partition coefficient (Wildman–Crippen LogP) is 3.76. The van der Waals surface area contributed by atoms with Crippen molar-refractivity contribution in [3.05, 3.63) is 39.7 Å². The molecule has 0 saturated heterocycles. The van der Waals surface area contributed by atoms with E-state index in [1.54, 1.807) is 6.07 Å². The Morgan fingerprint density at radius 3 is 2.60 bits per heavy atom. The van der Waals surface area contributed by atoms with Crippen LogP contribution in [0.25, 0.3) is 11.4 Å². The second-order valence-corrected chi connectivity index (χ2v) is 5.67. The van der Waals surface area contributed by atoms with Gasteiger partial charge in [-0.25, -0.2) is 20.2 Å². The number of anilines is 1. The highest BCUT2D eigenvalue weighted by atomic mass is 79.9. The Bertz CT molecular complexity index is 643. The number of rotatable bonds is 3. The maximum absolute atomic E-state index is 13.4. The van der Waals surface area contributed by atoms with Crippen molar-refractivity contribution < 1.29 is 4.39 Å². The molecular formula is C14H16BrFN4. The Morgan fingerprint density at radius 2 is 2.00 bits per heavy atom. The third kappa shape index (κ3) is 2.81. The monoisotopic (exact) mass is 338 g/mol. The Morgan fingerprint density at radius 1 is 1.30 bits per heavy atom. The molecule has 106 valence electrons. The van der Waals surface area contributed by atoms with Crippen LogP contribution in [-0.2, 0) is 0 Å². The molecule has 0 radical (unpaired) electrons. The normalized spacial score (nSPS) is 10.9. The molecule has 1 aromatic heterocycles. The fourth-order valence-electron chi connectivity index (χ4n) is 2.17. The summed E-state index contributed by atoms with van der Waals surface area (Å²) in [5.74, 6) is 6.46. The lowest BCUT2D eigenvalue weighted by Crippen LogP contribution is -2.14. The summed E-state index contributed by atoms with van der Waals surface area (Å²) < 4.78 is 14.1. The van der Waals surface area contributed by atoms with Gasteiger partial charge in [0.25, 0.3) is 0 Å². The maximum atomic E-state index is 13.4. The smallest absolute Gasteiger partial charge is 0.163 e. The zero-order valence-corrected chi connectivity index (χ0v) is 13.1. The van der Waals surface area contributed by atoms with E-state index < -0.39 is 0 Å². The van der Waals surface area contributed by atoms with Crippen molar-refractivity contribution in [1.29, 1.82) is 0 Å². The highest BCUT2D eigenvalue weighted by molar-refractivity contribution is 9.10. The minimum atomic E-state index is -0.334. The maximum Gasteiger partial charge on any atom is 0.163 e. The van der Waals surface area contributed by atoms with Crippen molar-refractivity contribution >= 4 is 21.7 Å². The molecule has 0 atom stereocenters. The third-order valence-corrected chi connectivity index (χ3v) is 3.71. The quantitative estimate of drug-likeness (QED) is 0.660. The van der Waals surface area contributed by atoms with Crippen LogP contribution in [0.15, 0.2) is 22.7 Å². The molecule has 0 saturated carbocycles. The molecular weight excluding hydrogens is 323 g/mol. The highest BCUT2D eigenvalue weighted by Gasteiger charge is 2.16. The molecule has 4 nitrogen and oxygen atoms in total. The zero-order chi connectivity index (χ0) is 14.9. The number of hydrazine groups is 1. The molecule has 0 bridgehead atoms. The second kappa shape index (κ2) is 5.85. The molecule has 1 heterocycles. The number of nitrogens with two attached hydrogens (primary N) is 1. The molecule has 0 aliphatic heterocycles. The molecule has 0 spiro atoms. The zero-order valence-electron chi connectivity index (χ0n) is 11.5. The standard InChI is InChI=1S/C14H16BrFN4/c1-7(2)12-8(3)18-13(19-14(12)20-17)10-6-9(16)4-5-11(10)15/h4-7H,17H2,1-3H3,(H,18,19,20). The van der Waals surface area contributed by atoms with Crippen LogP contribution in [0.4, 0.5) is 10.2 Å². The van der Waals surface area contributed by atoms with Gasteiger partial charge in [-0.3, -0.25) is 0 Å². The molecule has 20 heavy (non-hydrogen) atoms.